The summed E-state index contributed by atoms with van der Waals surface area (Å²) in [5.41, 5.74) is 0. The third-order valence-electron chi connectivity index (χ3n) is 2.66. The van der Waals surface area contributed by atoms with E-state index in [9.17, 15) is 4.79 Å². The zero-order valence-electron chi connectivity index (χ0n) is 8.45. The molecule has 2 aliphatic rings. The van der Waals surface area contributed by atoms with Crippen molar-refractivity contribution in [1.82, 2.24) is 15.5 Å². The Labute approximate surface area is 83.8 Å². The summed E-state index contributed by atoms with van der Waals surface area (Å²) in [4.78, 5) is 13.1. The molecule has 1 unspecified atom stereocenters. The van der Waals surface area contributed by atoms with Crippen LogP contribution in [0.4, 0.5) is 4.79 Å². The zero-order valence-corrected chi connectivity index (χ0v) is 8.45. The highest BCUT2D eigenvalue weighted by Crippen LogP contribution is 2.05. The summed E-state index contributed by atoms with van der Waals surface area (Å²) >= 11 is 0. The molecular formula is C9H17N3O2. The number of nitrogens with one attached hydrogen (secondary N) is 2. The number of rotatable bonds is 2. The van der Waals surface area contributed by atoms with Crippen molar-refractivity contribution >= 4 is 6.09 Å². The molecule has 0 aromatic carbocycles. The molecule has 2 aliphatic heterocycles. The highest BCUT2D eigenvalue weighted by Gasteiger charge is 2.26. The van der Waals surface area contributed by atoms with Crippen molar-refractivity contribution in [2.75, 3.05) is 32.7 Å². The fraction of sp³-hybridized carbons (Fsp3) is 0.889. The maximum Gasteiger partial charge on any atom is 0.407 e. The van der Waals surface area contributed by atoms with E-state index in [1.165, 1.54) is 0 Å². The Kier molecular flexibility index (Phi) is 2.88. The Balaban J connectivity index is 1.76. The molecule has 2 atom stereocenters. The van der Waals surface area contributed by atoms with E-state index in [0.717, 1.165) is 26.2 Å². The first-order chi connectivity index (χ1) is 6.74. The zero-order chi connectivity index (χ0) is 9.97. The quantitative estimate of drug-likeness (QED) is 0.623. The molecule has 0 aliphatic carbocycles. The number of hydrogen-bond donors (Lipinski definition) is 2. The van der Waals surface area contributed by atoms with E-state index in [0.29, 0.717) is 12.6 Å². The maximum atomic E-state index is 10.8. The number of alkyl carbamates (subject to hydrolysis) is 1. The second-order valence-corrected chi connectivity index (χ2v) is 4.02. The summed E-state index contributed by atoms with van der Waals surface area (Å²) in [6.07, 6.45) is -0.244. The third kappa shape index (κ3) is 2.36. The van der Waals surface area contributed by atoms with E-state index in [4.69, 9.17) is 4.74 Å². The van der Waals surface area contributed by atoms with Gasteiger partial charge in [0, 0.05) is 32.2 Å². The molecule has 5 nitrogen and oxygen atoms in total. The van der Waals surface area contributed by atoms with Gasteiger partial charge in [-0.15, -0.1) is 0 Å². The second kappa shape index (κ2) is 4.14. The van der Waals surface area contributed by atoms with E-state index >= 15 is 0 Å². The normalized spacial score (nSPS) is 33.9. The first kappa shape index (κ1) is 9.73. The van der Waals surface area contributed by atoms with Crippen LogP contribution in [-0.4, -0.2) is 55.9 Å². The van der Waals surface area contributed by atoms with Gasteiger partial charge in [0.1, 0.15) is 6.10 Å². The topological polar surface area (TPSA) is 53.6 Å². The lowest BCUT2D eigenvalue weighted by molar-refractivity contribution is 0.0967. The molecule has 2 saturated heterocycles. The Morgan fingerprint density at radius 3 is 3.14 bits per heavy atom. The highest BCUT2D eigenvalue weighted by molar-refractivity contribution is 5.69. The van der Waals surface area contributed by atoms with Crippen LogP contribution in [-0.2, 0) is 4.74 Å². The molecule has 1 amide bonds. The number of hydrogen-bond acceptors (Lipinski definition) is 4. The van der Waals surface area contributed by atoms with Gasteiger partial charge in [-0.1, -0.05) is 0 Å². The number of ether oxygens (including phenoxy) is 1. The maximum absolute atomic E-state index is 10.8. The van der Waals surface area contributed by atoms with E-state index in [1.54, 1.807) is 0 Å². The van der Waals surface area contributed by atoms with Crippen LogP contribution in [0.5, 0.6) is 0 Å². The minimum absolute atomic E-state index is 0.0350. The number of nitrogens with zero attached hydrogens (tertiary/aromatic N) is 1. The van der Waals surface area contributed by atoms with Gasteiger partial charge in [-0.2, -0.15) is 0 Å². The van der Waals surface area contributed by atoms with Crippen molar-refractivity contribution in [1.29, 1.82) is 0 Å². The minimum Gasteiger partial charge on any atom is -0.443 e. The van der Waals surface area contributed by atoms with Crippen LogP contribution >= 0.6 is 0 Å². The SMILES string of the molecule is C[C@H]1CN(CC2CNC(=O)O2)CCN1. The molecular weight excluding hydrogens is 182 g/mol. The number of piperazine rings is 1. The van der Waals surface area contributed by atoms with Crippen molar-refractivity contribution in [3.05, 3.63) is 0 Å². The predicted molar refractivity (Wildman–Crippen MR) is 52.2 cm³/mol. The Bertz CT molecular complexity index is 222. The fourth-order valence-electron chi connectivity index (χ4n) is 2.00. The molecule has 0 radical (unpaired) electrons. The van der Waals surface area contributed by atoms with Gasteiger partial charge in [0.25, 0.3) is 0 Å². The molecule has 0 aromatic heterocycles. The highest BCUT2D eigenvalue weighted by atomic mass is 16.6. The first-order valence-corrected chi connectivity index (χ1v) is 5.14. The van der Waals surface area contributed by atoms with Gasteiger partial charge in [0.15, 0.2) is 0 Å². The van der Waals surface area contributed by atoms with E-state index in [-0.39, 0.29) is 12.2 Å². The van der Waals surface area contributed by atoms with Crippen molar-refractivity contribution in [2.45, 2.75) is 19.1 Å². The Morgan fingerprint density at radius 1 is 1.64 bits per heavy atom. The van der Waals surface area contributed by atoms with Crippen molar-refractivity contribution in [2.24, 2.45) is 0 Å². The Hall–Kier alpha value is -0.810. The van der Waals surface area contributed by atoms with Gasteiger partial charge in [-0.05, 0) is 6.92 Å². The van der Waals surface area contributed by atoms with Crippen LogP contribution in [0, 0.1) is 0 Å². The molecule has 80 valence electrons. The standard InChI is InChI=1S/C9H17N3O2/c1-7-5-12(3-2-10-7)6-8-4-11-9(13)14-8/h7-8,10H,2-6H2,1H3,(H,11,13)/t7-,8?/m0/s1. The molecule has 2 heterocycles. The van der Waals surface area contributed by atoms with Crippen LogP contribution in [0.3, 0.4) is 0 Å². The smallest absolute Gasteiger partial charge is 0.407 e. The number of carbonyl (C=O) groups is 1. The average Bonchev–Trinajstić information content (AvgIpc) is 2.51. The number of cyclic esters (lactones) is 1. The lowest BCUT2D eigenvalue weighted by atomic mass is 10.2. The van der Waals surface area contributed by atoms with Gasteiger partial charge >= 0.3 is 6.09 Å². The van der Waals surface area contributed by atoms with Crippen molar-refractivity contribution in [3.8, 4) is 0 Å². The summed E-state index contributed by atoms with van der Waals surface area (Å²) in [5, 5.41) is 6.05. The summed E-state index contributed by atoms with van der Waals surface area (Å²) in [6, 6.07) is 0.536. The van der Waals surface area contributed by atoms with Crippen molar-refractivity contribution in [3.63, 3.8) is 0 Å². The molecule has 2 fully saturated rings. The van der Waals surface area contributed by atoms with Crippen molar-refractivity contribution < 1.29 is 9.53 Å². The van der Waals surface area contributed by atoms with Crippen LogP contribution in [0.15, 0.2) is 0 Å². The molecule has 0 saturated carbocycles. The van der Waals surface area contributed by atoms with Crippen LogP contribution in [0.25, 0.3) is 0 Å². The molecule has 14 heavy (non-hydrogen) atoms. The third-order valence-corrected chi connectivity index (χ3v) is 2.66. The first-order valence-electron chi connectivity index (χ1n) is 5.14. The lowest BCUT2D eigenvalue weighted by Gasteiger charge is -2.32. The van der Waals surface area contributed by atoms with E-state index < -0.39 is 0 Å². The summed E-state index contributed by atoms with van der Waals surface area (Å²) in [7, 11) is 0. The molecule has 0 spiro atoms. The van der Waals surface area contributed by atoms with Gasteiger partial charge in [-0.25, -0.2) is 4.79 Å². The fourth-order valence-corrected chi connectivity index (χ4v) is 2.00. The van der Waals surface area contributed by atoms with Gasteiger partial charge < -0.3 is 15.4 Å². The lowest BCUT2D eigenvalue weighted by Crippen LogP contribution is -2.51. The minimum atomic E-state index is -0.279. The van der Waals surface area contributed by atoms with Crippen LogP contribution < -0.4 is 10.6 Å². The number of carbonyl (C=O) groups excluding carboxylic acids is 1. The van der Waals surface area contributed by atoms with Crippen LogP contribution in [0.1, 0.15) is 6.92 Å². The van der Waals surface area contributed by atoms with Gasteiger partial charge in [0.2, 0.25) is 0 Å². The summed E-state index contributed by atoms with van der Waals surface area (Å²) in [6.45, 7) is 6.77. The summed E-state index contributed by atoms with van der Waals surface area (Å²) in [5.74, 6) is 0. The molecule has 5 heteroatoms. The van der Waals surface area contributed by atoms with Crippen LogP contribution in [0.2, 0.25) is 0 Å². The summed E-state index contributed by atoms with van der Waals surface area (Å²) < 4.78 is 5.09. The second-order valence-electron chi connectivity index (χ2n) is 4.02. The van der Waals surface area contributed by atoms with Gasteiger partial charge in [0.05, 0.1) is 6.54 Å². The monoisotopic (exact) mass is 199 g/mol. The van der Waals surface area contributed by atoms with Gasteiger partial charge in [-0.3, -0.25) is 4.90 Å². The Morgan fingerprint density at radius 2 is 2.50 bits per heavy atom. The molecule has 2 rings (SSSR count). The molecule has 2 N–H and O–H groups in total. The largest absolute Gasteiger partial charge is 0.443 e. The molecule has 0 bridgehead atoms. The number of amides is 1. The van der Waals surface area contributed by atoms with E-state index in [1.807, 2.05) is 0 Å². The molecule has 0 aromatic rings. The average molecular weight is 199 g/mol. The predicted octanol–water partition coefficient (Wildman–Crippen LogP) is -0.611. The van der Waals surface area contributed by atoms with E-state index in [2.05, 4.69) is 22.5 Å².